The summed E-state index contributed by atoms with van der Waals surface area (Å²) in [7, 11) is 0. The Balaban J connectivity index is -0.000000141. The number of aromatic nitrogens is 4. The number of carbonyl (C=O) groups is 1. The number of nitrogens with zero attached hydrogens (tertiary/aromatic N) is 4. The molecule has 24 heavy (non-hydrogen) atoms. The van der Waals surface area contributed by atoms with Gasteiger partial charge in [0.25, 0.3) is 5.82 Å². The van der Waals surface area contributed by atoms with Crippen LogP contribution >= 0.6 is 0 Å². The maximum atomic E-state index is 10.9. The van der Waals surface area contributed by atoms with Crippen LogP contribution in [0, 0.1) is 13.8 Å². The fourth-order valence-corrected chi connectivity index (χ4v) is 0.983. The summed E-state index contributed by atoms with van der Waals surface area (Å²) in [5, 5.41) is 22.7. The van der Waals surface area contributed by atoms with Gasteiger partial charge in [0.2, 0.25) is 11.8 Å². The van der Waals surface area contributed by atoms with E-state index in [4.69, 9.17) is 10.2 Å². The number of hydrogen-bond acceptors (Lipinski definition) is 10. The number of carbonyl (C=O) groups excluding carboxylic acids is 1. The fourth-order valence-electron chi connectivity index (χ4n) is 0.983. The van der Waals surface area contributed by atoms with Gasteiger partial charge in [-0.2, -0.15) is 9.97 Å². The number of esters is 1. The molecule has 12 heteroatoms. The molecule has 2 aromatic rings. The predicted octanol–water partition coefficient (Wildman–Crippen LogP) is -2.84. The standard InChI is InChI=1S/C6H8N2O3.C4H6N2O2.C2H6O.B.Na.H/c1-3-10-6(9)5-7-4(2)11-8-5;1-3-5-4(2-7)6-8-3;1-2-3;;;/h3H2,1-2H3;7H,2H2,1H3;3H,2H2,1H3;;;/q;;;;+1;-1. The van der Waals surface area contributed by atoms with Crippen LogP contribution in [0.25, 0.3) is 0 Å². The number of aliphatic hydroxyl groups excluding tert-OH is 2. The maximum Gasteiger partial charge on any atom is 1.00 e. The maximum absolute atomic E-state index is 10.9. The first-order valence-electron chi connectivity index (χ1n) is 6.46. The van der Waals surface area contributed by atoms with Crippen molar-refractivity contribution in [3.05, 3.63) is 23.4 Å². The minimum Gasteiger partial charge on any atom is -1.00 e. The Hall–Kier alpha value is -1.27. The molecule has 2 heterocycles. The fraction of sp³-hybridized carbons (Fsp3) is 0.583. The van der Waals surface area contributed by atoms with Crippen molar-refractivity contribution >= 4 is 14.4 Å². The van der Waals surface area contributed by atoms with Gasteiger partial charge in [-0.05, 0) is 19.0 Å². The van der Waals surface area contributed by atoms with Gasteiger partial charge in [-0.1, -0.05) is 5.16 Å². The van der Waals surface area contributed by atoms with Crippen LogP contribution in [0.15, 0.2) is 9.05 Å². The van der Waals surface area contributed by atoms with Gasteiger partial charge in [0, 0.05) is 28.9 Å². The van der Waals surface area contributed by atoms with E-state index in [1.807, 2.05) is 0 Å². The molecule has 0 aliphatic carbocycles. The summed E-state index contributed by atoms with van der Waals surface area (Å²) in [5.41, 5.74) is 0. The van der Waals surface area contributed by atoms with E-state index in [1.165, 1.54) is 0 Å². The van der Waals surface area contributed by atoms with Gasteiger partial charge in [-0.15, -0.1) is 0 Å². The second-order valence-corrected chi connectivity index (χ2v) is 3.56. The average molecular weight is 351 g/mol. The van der Waals surface area contributed by atoms with E-state index >= 15 is 0 Å². The topological polar surface area (TPSA) is 145 Å². The summed E-state index contributed by atoms with van der Waals surface area (Å²) in [6.45, 7) is 7.08. The normalized spacial score (nSPS) is 8.42. The van der Waals surface area contributed by atoms with Gasteiger partial charge in [0.15, 0.2) is 5.82 Å². The molecule has 0 saturated carbocycles. The molecule has 129 valence electrons. The van der Waals surface area contributed by atoms with Crippen LogP contribution < -0.4 is 29.6 Å². The van der Waals surface area contributed by atoms with Crippen molar-refractivity contribution in [1.29, 1.82) is 0 Å². The molecule has 0 aromatic carbocycles. The summed E-state index contributed by atoms with van der Waals surface area (Å²) in [5.74, 6) is 0.596. The number of hydrogen-bond donors (Lipinski definition) is 2. The van der Waals surface area contributed by atoms with Crippen LogP contribution in [-0.4, -0.2) is 58.1 Å². The van der Waals surface area contributed by atoms with Crippen LogP contribution in [0.3, 0.4) is 0 Å². The van der Waals surface area contributed by atoms with Crippen LogP contribution in [0.4, 0.5) is 0 Å². The minimum atomic E-state index is -0.552. The summed E-state index contributed by atoms with van der Waals surface area (Å²) >= 11 is 0. The second-order valence-electron chi connectivity index (χ2n) is 3.56. The van der Waals surface area contributed by atoms with Crippen LogP contribution in [0.5, 0.6) is 0 Å². The number of ether oxygens (including phenoxy) is 1. The van der Waals surface area contributed by atoms with Gasteiger partial charge < -0.3 is 25.4 Å². The Morgan fingerprint density at radius 1 is 1.12 bits per heavy atom. The third kappa shape index (κ3) is 12.2. The van der Waals surface area contributed by atoms with Crippen molar-refractivity contribution in [3.63, 3.8) is 0 Å². The Bertz CT molecular complexity index is 557. The Kier molecular flexibility index (Phi) is 19.1. The predicted molar refractivity (Wildman–Crippen MR) is 79.6 cm³/mol. The van der Waals surface area contributed by atoms with Crippen molar-refractivity contribution in [1.82, 2.24) is 20.3 Å². The third-order valence-electron chi connectivity index (χ3n) is 1.70. The molecular formula is C12H21BN4NaO6. The molecule has 10 nitrogen and oxygen atoms in total. The van der Waals surface area contributed by atoms with Crippen molar-refractivity contribution in [2.45, 2.75) is 34.3 Å². The van der Waals surface area contributed by atoms with Gasteiger partial charge in [-0.3, -0.25) is 0 Å². The molecule has 0 aliphatic rings. The molecule has 0 atom stereocenters. The van der Waals surface area contributed by atoms with E-state index in [9.17, 15) is 4.79 Å². The van der Waals surface area contributed by atoms with E-state index in [0.717, 1.165) is 0 Å². The molecular weight excluding hydrogens is 330 g/mol. The molecule has 0 saturated heterocycles. The second kappa shape index (κ2) is 16.6. The van der Waals surface area contributed by atoms with Crippen LogP contribution in [0.2, 0.25) is 0 Å². The molecule has 0 aliphatic heterocycles. The van der Waals surface area contributed by atoms with E-state index in [2.05, 4.69) is 34.1 Å². The Labute approximate surface area is 165 Å². The molecule has 2 aromatic heterocycles. The SMILES string of the molecule is CCO.CCOC(=O)c1noc(C)n1.Cc1nc(CO)no1.[B].[H-].[Na+]. The molecule has 0 spiro atoms. The first kappa shape index (κ1) is 27.6. The zero-order valence-corrected chi connectivity index (χ0v) is 16.5. The van der Waals surface area contributed by atoms with Gasteiger partial charge in [0.1, 0.15) is 6.61 Å². The summed E-state index contributed by atoms with van der Waals surface area (Å²) in [6.07, 6.45) is 0. The molecule has 0 fully saturated rings. The van der Waals surface area contributed by atoms with E-state index < -0.39 is 5.97 Å². The Morgan fingerprint density at radius 3 is 1.92 bits per heavy atom. The van der Waals surface area contributed by atoms with Crippen molar-refractivity contribution in [2.24, 2.45) is 0 Å². The van der Waals surface area contributed by atoms with Crippen molar-refractivity contribution < 1.29 is 59.8 Å². The van der Waals surface area contributed by atoms with E-state index in [1.54, 1.807) is 27.7 Å². The summed E-state index contributed by atoms with van der Waals surface area (Å²) in [6, 6.07) is 0. The smallest absolute Gasteiger partial charge is 1.00 e. The molecule has 0 unspecified atom stereocenters. The minimum absolute atomic E-state index is 0. The monoisotopic (exact) mass is 351 g/mol. The zero-order chi connectivity index (χ0) is 17.0. The number of aliphatic hydroxyl groups is 2. The molecule has 0 amide bonds. The average Bonchev–Trinajstić information content (AvgIpc) is 3.09. The number of aryl methyl sites for hydroxylation is 2. The summed E-state index contributed by atoms with van der Waals surface area (Å²) in [4.78, 5) is 18.2. The van der Waals surface area contributed by atoms with Crippen molar-refractivity contribution in [3.8, 4) is 0 Å². The summed E-state index contributed by atoms with van der Waals surface area (Å²) < 4.78 is 13.7. The largest absolute Gasteiger partial charge is 1.00 e. The van der Waals surface area contributed by atoms with Crippen molar-refractivity contribution in [2.75, 3.05) is 13.2 Å². The van der Waals surface area contributed by atoms with Crippen LogP contribution in [0.1, 0.15) is 43.5 Å². The van der Waals surface area contributed by atoms with E-state index in [0.29, 0.717) is 24.2 Å². The van der Waals surface area contributed by atoms with Gasteiger partial charge >= 0.3 is 35.5 Å². The van der Waals surface area contributed by atoms with Gasteiger partial charge in [-0.25, -0.2) is 4.79 Å². The molecule has 2 rings (SSSR count). The molecule has 2 N–H and O–H groups in total. The molecule has 3 radical (unpaired) electrons. The van der Waals surface area contributed by atoms with Gasteiger partial charge in [0.05, 0.1) is 6.61 Å². The first-order chi connectivity index (χ1) is 10.5. The Morgan fingerprint density at radius 2 is 1.62 bits per heavy atom. The third-order valence-corrected chi connectivity index (χ3v) is 1.70. The van der Waals surface area contributed by atoms with Crippen LogP contribution in [-0.2, 0) is 11.3 Å². The zero-order valence-electron chi connectivity index (χ0n) is 15.5. The van der Waals surface area contributed by atoms with E-state index in [-0.39, 0.29) is 58.4 Å². The molecule has 0 bridgehead atoms. The number of rotatable bonds is 3. The quantitative estimate of drug-likeness (QED) is 0.438. The first-order valence-corrected chi connectivity index (χ1v) is 6.46.